The molecule has 0 fully saturated rings. The van der Waals surface area contributed by atoms with Crippen LogP contribution in [0.4, 0.5) is 4.79 Å². The van der Waals surface area contributed by atoms with Crippen LogP contribution in [0.15, 0.2) is 30.5 Å². The van der Waals surface area contributed by atoms with E-state index < -0.39 is 12.1 Å². The Morgan fingerprint density at radius 1 is 1.26 bits per heavy atom. The fourth-order valence-corrected chi connectivity index (χ4v) is 3.49. The molecule has 0 bridgehead atoms. The Kier molecular flexibility index (Phi) is 4.16. The molecule has 0 saturated carbocycles. The van der Waals surface area contributed by atoms with E-state index in [-0.39, 0.29) is 10.8 Å². The topological polar surface area (TPSA) is 95.2 Å². The summed E-state index contributed by atoms with van der Waals surface area (Å²) in [6.45, 7) is 0. The van der Waals surface area contributed by atoms with Crippen LogP contribution in [0.5, 0.6) is 0 Å². The molecule has 9 heteroatoms. The van der Waals surface area contributed by atoms with Gasteiger partial charge in [0.1, 0.15) is 5.69 Å². The molecule has 0 radical (unpaired) electrons. The highest BCUT2D eigenvalue weighted by atomic mass is 35.5. The number of benzene rings is 1. The quantitative estimate of drug-likeness (QED) is 0.421. The molecule has 1 aromatic carbocycles. The molecular weight excluding hydrogens is 361 g/mol. The Morgan fingerprint density at radius 3 is 2.78 bits per heavy atom. The molecule has 3 rings (SSSR count). The molecule has 0 spiro atoms. The highest BCUT2D eigenvalue weighted by Gasteiger charge is 2.18. The first-order valence-electron chi connectivity index (χ1n) is 6.18. The lowest BCUT2D eigenvalue weighted by atomic mass is 10.1. The van der Waals surface area contributed by atoms with Crippen molar-refractivity contribution in [3.63, 3.8) is 0 Å². The maximum Gasteiger partial charge on any atom is 0.412 e. The van der Waals surface area contributed by atoms with Crippen LogP contribution in [0.25, 0.3) is 20.7 Å². The van der Waals surface area contributed by atoms with E-state index in [1.807, 2.05) is 6.07 Å². The number of hydrogen-bond acceptors (Lipinski definition) is 6. The molecule has 0 aliphatic carbocycles. The van der Waals surface area contributed by atoms with Gasteiger partial charge in [-0.15, -0.1) is 11.3 Å². The van der Waals surface area contributed by atoms with Crippen LogP contribution < -0.4 is 5.73 Å². The molecule has 6 nitrogen and oxygen atoms in total. The van der Waals surface area contributed by atoms with Crippen LogP contribution in [0, 0.1) is 0 Å². The third-order valence-electron chi connectivity index (χ3n) is 2.92. The Bertz CT molecular complexity index is 942. The average Bonchev–Trinajstić information content (AvgIpc) is 2.92. The molecule has 2 aromatic heterocycles. The predicted octanol–water partition coefficient (Wildman–Crippen LogP) is 3.90. The summed E-state index contributed by atoms with van der Waals surface area (Å²) in [6, 6.07) is 6.76. The largest absolute Gasteiger partial charge is 0.412 e. The highest BCUT2D eigenvalue weighted by Crippen LogP contribution is 2.37. The molecule has 23 heavy (non-hydrogen) atoms. The molecule has 3 aromatic rings. The Morgan fingerprint density at radius 2 is 2.04 bits per heavy atom. The summed E-state index contributed by atoms with van der Waals surface area (Å²) in [5.41, 5.74) is 5.56. The summed E-state index contributed by atoms with van der Waals surface area (Å²) in [6.07, 6.45) is 0.242. The molecule has 1 amide bonds. The standard InChI is InChI=1S/C14H7Cl2N3O3S/c15-8-5-18-13(16)19-11(8)10-4-7-6(12(20)22-14(17)21)2-1-3-9(7)23-10/h1-5H,(H2,17,21). The first kappa shape index (κ1) is 15.7. The van der Waals surface area contributed by atoms with Crippen LogP contribution in [-0.2, 0) is 4.74 Å². The predicted molar refractivity (Wildman–Crippen MR) is 87.9 cm³/mol. The number of carbonyl (C=O) groups excluding carboxylic acids is 2. The van der Waals surface area contributed by atoms with Gasteiger partial charge in [-0.2, -0.15) is 0 Å². The van der Waals surface area contributed by atoms with Crippen LogP contribution in [0.3, 0.4) is 0 Å². The molecule has 0 saturated heterocycles. The molecular formula is C14H7Cl2N3O3S. The summed E-state index contributed by atoms with van der Waals surface area (Å²) in [7, 11) is 0. The maximum atomic E-state index is 11.9. The zero-order chi connectivity index (χ0) is 16.6. The van der Waals surface area contributed by atoms with Gasteiger partial charge in [-0.3, -0.25) is 0 Å². The fraction of sp³-hybridized carbons (Fsp3) is 0. The van der Waals surface area contributed by atoms with Crippen molar-refractivity contribution in [1.82, 2.24) is 9.97 Å². The highest BCUT2D eigenvalue weighted by molar-refractivity contribution is 7.22. The minimum Gasteiger partial charge on any atom is -0.373 e. The van der Waals surface area contributed by atoms with Crippen molar-refractivity contribution in [2.75, 3.05) is 0 Å². The van der Waals surface area contributed by atoms with Crippen LogP contribution in [0.1, 0.15) is 10.4 Å². The monoisotopic (exact) mass is 367 g/mol. The number of esters is 1. The number of hydrogen-bond donors (Lipinski definition) is 1. The van der Waals surface area contributed by atoms with Gasteiger partial charge < -0.3 is 10.5 Å². The number of aromatic nitrogens is 2. The summed E-state index contributed by atoms with van der Waals surface area (Å²) in [5.74, 6) is -0.820. The summed E-state index contributed by atoms with van der Waals surface area (Å²) >= 11 is 13.3. The SMILES string of the molecule is NC(=O)OC(=O)c1cccc2sc(-c3nc(Cl)ncc3Cl)cc12. The zero-order valence-electron chi connectivity index (χ0n) is 11.2. The number of halogens is 2. The number of rotatable bonds is 2. The van der Waals surface area contributed by atoms with E-state index in [0.717, 1.165) is 4.70 Å². The lowest BCUT2D eigenvalue weighted by Gasteiger charge is -2.01. The molecule has 2 heterocycles. The lowest BCUT2D eigenvalue weighted by Crippen LogP contribution is -2.18. The molecule has 0 aliphatic rings. The Hall–Kier alpha value is -2.22. The van der Waals surface area contributed by atoms with Crippen molar-refractivity contribution in [3.05, 3.63) is 46.3 Å². The van der Waals surface area contributed by atoms with Crippen molar-refractivity contribution in [2.24, 2.45) is 5.73 Å². The van der Waals surface area contributed by atoms with Crippen molar-refractivity contribution >= 4 is 56.7 Å². The van der Waals surface area contributed by atoms with Gasteiger partial charge >= 0.3 is 12.1 Å². The first-order valence-corrected chi connectivity index (χ1v) is 7.75. The molecule has 0 atom stereocenters. The van der Waals surface area contributed by atoms with E-state index >= 15 is 0 Å². The number of nitrogens with two attached hydrogens (primary N) is 1. The van der Waals surface area contributed by atoms with Gasteiger partial charge in [0.25, 0.3) is 0 Å². The number of fused-ring (bicyclic) bond motifs is 1. The van der Waals surface area contributed by atoms with Gasteiger partial charge in [0.05, 0.1) is 21.7 Å². The normalized spacial score (nSPS) is 10.7. The fourth-order valence-electron chi connectivity index (χ4n) is 2.02. The van der Waals surface area contributed by atoms with Crippen LogP contribution in [0.2, 0.25) is 10.3 Å². The second kappa shape index (κ2) is 6.11. The molecule has 0 unspecified atom stereocenters. The summed E-state index contributed by atoms with van der Waals surface area (Å²) in [5, 5.41) is 1.00. The zero-order valence-corrected chi connectivity index (χ0v) is 13.6. The van der Waals surface area contributed by atoms with Gasteiger partial charge in [0.15, 0.2) is 0 Å². The maximum absolute atomic E-state index is 11.9. The van der Waals surface area contributed by atoms with Crippen molar-refractivity contribution in [3.8, 4) is 10.6 Å². The molecule has 116 valence electrons. The third-order valence-corrected chi connectivity index (χ3v) is 4.49. The Balaban J connectivity index is 2.14. The van der Waals surface area contributed by atoms with Crippen LogP contribution in [-0.4, -0.2) is 22.0 Å². The average molecular weight is 368 g/mol. The minimum atomic E-state index is -1.16. The van der Waals surface area contributed by atoms with Crippen molar-refractivity contribution in [2.45, 2.75) is 0 Å². The van der Waals surface area contributed by atoms with E-state index in [1.54, 1.807) is 18.2 Å². The first-order chi connectivity index (χ1) is 11.0. The third kappa shape index (κ3) is 3.12. The Labute approximate surface area is 143 Å². The summed E-state index contributed by atoms with van der Waals surface area (Å²) < 4.78 is 5.23. The number of ether oxygens (including phenoxy) is 1. The lowest BCUT2D eigenvalue weighted by molar-refractivity contribution is 0.0640. The van der Waals surface area contributed by atoms with Gasteiger partial charge in [0, 0.05) is 10.1 Å². The second-order valence-corrected chi connectivity index (χ2v) is 6.20. The second-order valence-electron chi connectivity index (χ2n) is 4.37. The number of amides is 1. The van der Waals surface area contributed by atoms with E-state index in [0.29, 0.717) is 21.0 Å². The van der Waals surface area contributed by atoms with Crippen LogP contribution >= 0.6 is 34.5 Å². The van der Waals surface area contributed by atoms with E-state index in [2.05, 4.69) is 14.7 Å². The van der Waals surface area contributed by atoms with Gasteiger partial charge in [-0.05, 0) is 29.8 Å². The van der Waals surface area contributed by atoms with Gasteiger partial charge in [0.2, 0.25) is 5.28 Å². The van der Waals surface area contributed by atoms with Crippen molar-refractivity contribution < 1.29 is 14.3 Å². The van der Waals surface area contributed by atoms with Crippen molar-refractivity contribution in [1.29, 1.82) is 0 Å². The van der Waals surface area contributed by atoms with Gasteiger partial charge in [-0.1, -0.05) is 17.7 Å². The molecule has 2 N–H and O–H groups in total. The number of thiophene rings is 1. The number of carbonyl (C=O) groups is 2. The molecule has 0 aliphatic heterocycles. The van der Waals surface area contributed by atoms with E-state index in [4.69, 9.17) is 28.9 Å². The van der Waals surface area contributed by atoms with Gasteiger partial charge in [-0.25, -0.2) is 19.6 Å². The number of nitrogens with zero attached hydrogens (tertiary/aromatic N) is 2. The minimum absolute atomic E-state index is 0.0650. The summed E-state index contributed by atoms with van der Waals surface area (Å²) in [4.78, 5) is 31.3. The number of primary amides is 1. The van der Waals surface area contributed by atoms with E-state index in [1.165, 1.54) is 17.5 Å². The van der Waals surface area contributed by atoms with E-state index in [9.17, 15) is 9.59 Å². The smallest absolute Gasteiger partial charge is 0.373 e.